The molecule has 0 bridgehead atoms. The summed E-state index contributed by atoms with van der Waals surface area (Å²) in [6, 6.07) is 5.76. The largest absolute Gasteiger partial charge is 0.375 e. The van der Waals surface area contributed by atoms with Gasteiger partial charge in [0.2, 0.25) is 0 Å². The van der Waals surface area contributed by atoms with E-state index in [1.807, 2.05) is 39.0 Å². The molecule has 0 aliphatic heterocycles. The molecule has 5 nitrogen and oxygen atoms in total. The minimum atomic E-state index is -0.141. The molecule has 0 fully saturated rings. The Labute approximate surface area is 126 Å². The van der Waals surface area contributed by atoms with Gasteiger partial charge in [0.1, 0.15) is 4.47 Å². The molecule has 2 aromatic heterocycles. The lowest BCUT2D eigenvalue weighted by atomic mass is 10.2. The summed E-state index contributed by atoms with van der Waals surface area (Å²) < 4.78 is 1.93. The Morgan fingerprint density at radius 3 is 2.65 bits per heavy atom. The number of pyridine rings is 1. The Morgan fingerprint density at radius 1 is 1.30 bits per heavy atom. The van der Waals surface area contributed by atoms with Crippen molar-refractivity contribution >= 4 is 21.6 Å². The van der Waals surface area contributed by atoms with Crippen LogP contribution in [0.5, 0.6) is 0 Å². The highest BCUT2D eigenvalue weighted by Crippen LogP contribution is 2.22. The summed E-state index contributed by atoms with van der Waals surface area (Å²) in [5.41, 5.74) is 1.44. The smallest absolute Gasteiger partial charge is 0.283 e. The Bertz CT molecular complexity index is 639. The third-order valence-corrected chi connectivity index (χ3v) is 3.70. The molecule has 0 saturated carbocycles. The van der Waals surface area contributed by atoms with Crippen LogP contribution in [0.15, 0.2) is 39.9 Å². The second-order valence-corrected chi connectivity index (χ2v) is 5.63. The van der Waals surface area contributed by atoms with Crippen LogP contribution in [0.2, 0.25) is 0 Å². The molecule has 6 heteroatoms. The van der Waals surface area contributed by atoms with E-state index in [0.29, 0.717) is 10.2 Å². The highest BCUT2D eigenvalue weighted by Gasteiger charge is 2.13. The standard InChI is InChI=1S/C14H17BrN4O/c1-9(2)19-14(20)13(15)12(8-17-19)18-10(3)11-6-4-5-7-16-11/h4-10,18H,1-3H3. The van der Waals surface area contributed by atoms with Crippen molar-refractivity contribution in [2.75, 3.05) is 5.32 Å². The summed E-state index contributed by atoms with van der Waals surface area (Å²) in [6.07, 6.45) is 3.41. The fourth-order valence-corrected chi connectivity index (χ4v) is 2.25. The van der Waals surface area contributed by atoms with Gasteiger partial charge in [-0.05, 0) is 48.8 Å². The van der Waals surface area contributed by atoms with E-state index in [0.717, 1.165) is 5.69 Å². The summed E-state index contributed by atoms with van der Waals surface area (Å²) in [6.45, 7) is 5.83. The van der Waals surface area contributed by atoms with Crippen molar-refractivity contribution in [1.29, 1.82) is 0 Å². The number of nitrogens with one attached hydrogen (secondary N) is 1. The molecule has 0 saturated heterocycles. The van der Waals surface area contributed by atoms with Crippen molar-refractivity contribution in [3.63, 3.8) is 0 Å². The minimum absolute atomic E-state index is 0.0106. The van der Waals surface area contributed by atoms with Crippen LogP contribution < -0.4 is 10.9 Å². The van der Waals surface area contributed by atoms with Crippen LogP contribution in [-0.2, 0) is 0 Å². The van der Waals surface area contributed by atoms with Crippen LogP contribution in [0.4, 0.5) is 5.69 Å². The van der Waals surface area contributed by atoms with E-state index in [-0.39, 0.29) is 17.6 Å². The third-order valence-electron chi connectivity index (χ3n) is 2.94. The molecule has 0 amide bonds. The molecule has 0 radical (unpaired) electrons. The molecule has 0 spiro atoms. The SMILES string of the molecule is CC(Nc1cnn(C(C)C)c(=O)c1Br)c1ccccn1. The van der Waals surface area contributed by atoms with Crippen LogP contribution >= 0.6 is 15.9 Å². The van der Waals surface area contributed by atoms with Crippen molar-refractivity contribution < 1.29 is 0 Å². The lowest BCUT2D eigenvalue weighted by molar-refractivity contribution is 0.501. The highest BCUT2D eigenvalue weighted by atomic mass is 79.9. The van der Waals surface area contributed by atoms with Crippen molar-refractivity contribution in [3.05, 3.63) is 51.1 Å². The number of halogens is 1. The Kier molecular flexibility index (Phi) is 4.54. The number of anilines is 1. The molecule has 0 aliphatic rings. The molecule has 20 heavy (non-hydrogen) atoms. The second-order valence-electron chi connectivity index (χ2n) is 4.84. The molecule has 2 heterocycles. The molecule has 0 aliphatic carbocycles. The van der Waals surface area contributed by atoms with Gasteiger partial charge in [0, 0.05) is 6.20 Å². The zero-order valence-corrected chi connectivity index (χ0v) is 13.3. The first-order chi connectivity index (χ1) is 9.50. The van der Waals surface area contributed by atoms with Gasteiger partial charge in [-0.25, -0.2) is 4.68 Å². The van der Waals surface area contributed by atoms with Crippen molar-refractivity contribution in [2.45, 2.75) is 32.9 Å². The fraction of sp³-hybridized carbons (Fsp3) is 0.357. The lowest BCUT2D eigenvalue weighted by Gasteiger charge is -2.17. The number of hydrogen-bond donors (Lipinski definition) is 1. The molecule has 0 aromatic carbocycles. The first-order valence-corrected chi connectivity index (χ1v) is 7.24. The van der Waals surface area contributed by atoms with Gasteiger partial charge in [-0.3, -0.25) is 9.78 Å². The first kappa shape index (κ1) is 14.7. The molecule has 1 unspecified atom stereocenters. The highest BCUT2D eigenvalue weighted by molar-refractivity contribution is 9.10. The fourth-order valence-electron chi connectivity index (χ4n) is 1.85. The normalized spacial score (nSPS) is 12.4. The Hall–Kier alpha value is -1.69. The maximum atomic E-state index is 12.1. The maximum absolute atomic E-state index is 12.1. The predicted octanol–water partition coefficient (Wildman–Crippen LogP) is 3.15. The molecule has 106 valence electrons. The first-order valence-electron chi connectivity index (χ1n) is 6.45. The van der Waals surface area contributed by atoms with Crippen LogP contribution in [0.1, 0.15) is 38.5 Å². The van der Waals surface area contributed by atoms with Crippen molar-refractivity contribution in [3.8, 4) is 0 Å². The van der Waals surface area contributed by atoms with Crippen molar-refractivity contribution in [2.24, 2.45) is 0 Å². The summed E-state index contributed by atoms with van der Waals surface area (Å²) in [5.74, 6) is 0. The van der Waals surface area contributed by atoms with Crippen LogP contribution in [0.25, 0.3) is 0 Å². The van der Waals surface area contributed by atoms with E-state index in [2.05, 4.69) is 31.3 Å². The van der Waals surface area contributed by atoms with E-state index >= 15 is 0 Å². The average molecular weight is 337 g/mol. The zero-order chi connectivity index (χ0) is 14.7. The number of rotatable bonds is 4. The van der Waals surface area contributed by atoms with E-state index < -0.39 is 0 Å². The summed E-state index contributed by atoms with van der Waals surface area (Å²) in [5, 5.41) is 7.42. The molecular weight excluding hydrogens is 320 g/mol. The van der Waals surface area contributed by atoms with Gasteiger partial charge in [0.05, 0.1) is 29.7 Å². The van der Waals surface area contributed by atoms with Gasteiger partial charge in [-0.15, -0.1) is 0 Å². The molecule has 2 aromatic rings. The third kappa shape index (κ3) is 3.07. The number of hydrogen-bond acceptors (Lipinski definition) is 4. The Balaban J connectivity index is 2.27. The zero-order valence-electron chi connectivity index (χ0n) is 11.7. The van der Waals surface area contributed by atoms with Gasteiger partial charge in [-0.1, -0.05) is 6.07 Å². The van der Waals surface area contributed by atoms with Gasteiger partial charge >= 0.3 is 0 Å². The topological polar surface area (TPSA) is 59.8 Å². The van der Waals surface area contributed by atoms with Gasteiger partial charge in [-0.2, -0.15) is 5.10 Å². The molecule has 1 N–H and O–H groups in total. The quantitative estimate of drug-likeness (QED) is 0.931. The lowest BCUT2D eigenvalue weighted by Crippen LogP contribution is -2.26. The second kappa shape index (κ2) is 6.17. The minimum Gasteiger partial charge on any atom is -0.375 e. The van der Waals surface area contributed by atoms with E-state index in [1.54, 1.807) is 12.4 Å². The number of nitrogens with zero attached hydrogens (tertiary/aromatic N) is 3. The van der Waals surface area contributed by atoms with Gasteiger partial charge in [0.25, 0.3) is 5.56 Å². The summed E-state index contributed by atoms with van der Waals surface area (Å²) in [7, 11) is 0. The van der Waals surface area contributed by atoms with Crippen LogP contribution in [0, 0.1) is 0 Å². The monoisotopic (exact) mass is 336 g/mol. The molecule has 2 rings (SSSR count). The van der Waals surface area contributed by atoms with E-state index in [1.165, 1.54) is 4.68 Å². The molecule has 1 atom stereocenters. The average Bonchev–Trinajstić information content (AvgIpc) is 2.44. The van der Waals surface area contributed by atoms with Gasteiger partial charge < -0.3 is 5.32 Å². The summed E-state index contributed by atoms with van der Waals surface area (Å²) in [4.78, 5) is 16.4. The van der Waals surface area contributed by atoms with Crippen LogP contribution in [0.3, 0.4) is 0 Å². The number of aromatic nitrogens is 3. The van der Waals surface area contributed by atoms with E-state index in [4.69, 9.17) is 0 Å². The maximum Gasteiger partial charge on any atom is 0.283 e. The van der Waals surface area contributed by atoms with Crippen LogP contribution in [-0.4, -0.2) is 14.8 Å². The summed E-state index contributed by atoms with van der Waals surface area (Å²) >= 11 is 3.34. The van der Waals surface area contributed by atoms with Gasteiger partial charge in [0.15, 0.2) is 0 Å². The predicted molar refractivity (Wildman–Crippen MR) is 82.9 cm³/mol. The van der Waals surface area contributed by atoms with Crippen molar-refractivity contribution in [1.82, 2.24) is 14.8 Å². The Morgan fingerprint density at radius 2 is 2.05 bits per heavy atom. The molecular formula is C14H17BrN4O. The van der Waals surface area contributed by atoms with E-state index in [9.17, 15) is 4.79 Å².